The molecule has 0 unspecified atom stereocenters. The van der Waals surface area contributed by atoms with E-state index in [1.807, 2.05) is 13.8 Å². The van der Waals surface area contributed by atoms with Crippen LogP contribution in [-0.2, 0) is 9.53 Å². The zero-order chi connectivity index (χ0) is 9.78. The van der Waals surface area contributed by atoms with Crippen molar-refractivity contribution in [1.82, 2.24) is 0 Å². The third kappa shape index (κ3) is 3.07. The van der Waals surface area contributed by atoms with E-state index in [0.29, 0.717) is 5.57 Å². The van der Waals surface area contributed by atoms with Gasteiger partial charge in [-0.05, 0) is 26.7 Å². The second kappa shape index (κ2) is 4.29. The minimum Gasteiger partial charge on any atom is -0.456 e. The van der Waals surface area contributed by atoms with E-state index in [1.165, 1.54) is 0 Å². The number of hydrogen-bond donors (Lipinski definition) is 0. The molecule has 1 radical (unpaired) electrons. The summed E-state index contributed by atoms with van der Waals surface area (Å²) in [4.78, 5) is 11.1. The molecule has 0 saturated heterocycles. The van der Waals surface area contributed by atoms with Gasteiger partial charge < -0.3 is 4.74 Å². The van der Waals surface area contributed by atoms with Crippen molar-refractivity contribution in [3.8, 4) is 0 Å². The van der Waals surface area contributed by atoms with E-state index in [0.717, 1.165) is 12.8 Å². The molecule has 0 N–H and O–H groups in total. The van der Waals surface area contributed by atoms with Crippen LogP contribution in [0.3, 0.4) is 0 Å². The van der Waals surface area contributed by atoms with Crippen LogP contribution in [0.4, 0.5) is 0 Å². The maximum atomic E-state index is 11.1. The number of carbonyl (C=O) groups excluding carboxylic acids is 1. The van der Waals surface area contributed by atoms with E-state index in [-0.39, 0.29) is 5.97 Å². The average molecular weight is 169 g/mol. The predicted molar refractivity (Wildman–Crippen MR) is 49.6 cm³/mol. The van der Waals surface area contributed by atoms with E-state index in [1.54, 1.807) is 6.92 Å². The fourth-order valence-electron chi connectivity index (χ4n) is 0.678. The second-order valence-corrected chi connectivity index (χ2v) is 3.06. The van der Waals surface area contributed by atoms with Gasteiger partial charge in [-0.25, -0.2) is 4.79 Å². The molecule has 0 aliphatic rings. The zero-order valence-corrected chi connectivity index (χ0v) is 8.14. The second-order valence-electron chi connectivity index (χ2n) is 3.06. The van der Waals surface area contributed by atoms with Gasteiger partial charge in [0.15, 0.2) is 0 Å². The molecule has 0 amide bonds. The van der Waals surface area contributed by atoms with Crippen molar-refractivity contribution in [2.75, 3.05) is 0 Å². The fourth-order valence-corrected chi connectivity index (χ4v) is 0.678. The molecular weight excluding hydrogens is 152 g/mol. The third-order valence-corrected chi connectivity index (χ3v) is 1.95. The Morgan fingerprint density at radius 1 is 1.42 bits per heavy atom. The SMILES string of the molecule is [CH2]C(CC)(CC)OC(=O)C(=C)C. The first kappa shape index (κ1) is 11.2. The van der Waals surface area contributed by atoms with Crippen molar-refractivity contribution in [2.45, 2.75) is 39.2 Å². The van der Waals surface area contributed by atoms with Gasteiger partial charge in [-0.1, -0.05) is 20.4 Å². The smallest absolute Gasteiger partial charge is 0.333 e. The van der Waals surface area contributed by atoms with Crippen LogP contribution >= 0.6 is 0 Å². The van der Waals surface area contributed by atoms with Crippen LogP contribution in [0.25, 0.3) is 0 Å². The maximum absolute atomic E-state index is 11.1. The van der Waals surface area contributed by atoms with Crippen LogP contribution in [0.1, 0.15) is 33.6 Å². The van der Waals surface area contributed by atoms with Crippen molar-refractivity contribution < 1.29 is 9.53 Å². The lowest BCUT2D eigenvalue weighted by Gasteiger charge is -2.26. The van der Waals surface area contributed by atoms with Gasteiger partial charge in [-0.3, -0.25) is 0 Å². The van der Waals surface area contributed by atoms with Crippen LogP contribution in [0.2, 0.25) is 0 Å². The maximum Gasteiger partial charge on any atom is 0.333 e. The van der Waals surface area contributed by atoms with Crippen LogP contribution < -0.4 is 0 Å². The molecule has 2 heteroatoms. The lowest BCUT2D eigenvalue weighted by Crippen LogP contribution is -2.30. The van der Waals surface area contributed by atoms with Crippen molar-refractivity contribution in [3.63, 3.8) is 0 Å². The highest BCUT2D eigenvalue weighted by Gasteiger charge is 2.24. The molecule has 0 fully saturated rings. The van der Waals surface area contributed by atoms with Gasteiger partial charge in [-0.15, -0.1) is 0 Å². The van der Waals surface area contributed by atoms with Crippen LogP contribution in [-0.4, -0.2) is 11.6 Å². The van der Waals surface area contributed by atoms with Gasteiger partial charge in [-0.2, -0.15) is 0 Å². The zero-order valence-electron chi connectivity index (χ0n) is 8.14. The molecule has 2 nitrogen and oxygen atoms in total. The third-order valence-electron chi connectivity index (χ3n) is 1.95. The summed E-state index contributed by atoms with van der Waals surface area (Å²) >= 11 is 0. The first-order valence-electron chi connectivity index (χ1n) is 4.19. The Bertz CT molecular complexity index is 178. The van der Waals surface area contributed by atoms with Gasteiger partial charge in [0.1, 0.15) is 5.60 Å². The number of rotatable bonds is 4. The summed E-state index contributed by atoms with van der Waals surface area (Å²) in [6.45, 7) is 12.9. The highest BCUT2D eigenvalue weighted by Crippen LogP contribution is 2.19. The van der Waals surface area contributed by atoms with Crippen LogP contribution in [0.5, 0.6) is 0 Å². The van der Waals surface area contributed by atoms with Crippen molar-refractivity contribution in [2.24, 2.45) is 0 Å². The minimum absolute atomic E-state index is 0.353. The normalized spacial score (nSPS) is 11.0. The van der Waals surface area contributed by atoms with E-state index >= 15 is 0 Å². The number of esters is 1. The fraction of sp³-hybridized carbons (Fsp3) is 0.600. The summed E-state index contributed by atoms with van der Waals surface area (Å²) in [6.07, 6.45) is 1.45. The van der Waals surface area contributed by atoms with Gasteiger partial charge in [0.25, 0.3) is 0 Å². The van der Waals surface area contributed by atoms with Gasteiger partial charge in [0.2, 0.25) is 0 Å². The van der Waals surface area contributed by atoms with E-state index < -0.39 is 5.60 Å². The molecule has 0 bridgehead atoms. The minimum atomic E-state index is -0.573. The Morgan fingerprint density at radius 2 is 1.83 bits per heavy atom. The Hall–Kier alpha value is -0.790. The molecule has 0 spiro atoms. The standard InChI is InChI=1S/C10H17O2/c1-6-10(5,7-2)12-9(11)8(3)4/h3,5-7H2,1-2,4H3. The highest BCUT2D eigenvalue weighted by atomic mass is 16.6. The summed E-state index contributed by atoms with van der Waals surface area (Å²) < 4.78 is 5.15. The van der Waals surface area contributed by atoms with E-state index in [9.17, 15) is 4.79 Å². The lowest BCUT2D eigenvalue weighted by atomic mass is 10.00. The molecule has 0 saturated carbocycles. The first-order chi connectivity index (χ1) is 5.45. The van der Waals surface area contributed by atoms with Crippen LogP contribution in [0, 0.1) is 6.92 Å². The molecule has 0 aromatic rings. The first-order valence-corrected chi connectivity index (χ1v) is 4.19. The molecule has 0 aliphatic heterocycles. The monoisotopic (exact) mass is 169 g/mol. The molecule has 0 aliphatic carbocycles. The summed E-state index contributed by atoms with van der Waals surface area (Å²) in [7, 11) is 0. The van der Waals surface area contributed by atoms with Crippen LogP contribution in [0.15, 0.2) is 12.2 Å². The number of hydrogen-bond acceptors (Lipinski definition) is 2. The Labute approximate surface area is 74.6 Å². The Balaban J connectivity index is 4.21. The van der Waals surface area contributed by atoms with Crippen molar-refractivity contribution in [3.05, 3.63) is 19.1 Å². The summed E-state index contributed by atoms with van der Waals surface area (Å²) in [5, 5.41) is 0. The Morgan fingerprint density at radius 3 is 2.08 bits per heavy atom. The Kier molecular flexibility index (Phi) is 4.01. The molecule has 0 aromatic heterocycles. The molecule has 0 heterocycles. The summed E-state index contributed by atoms with van der Waals surface area (Å²) in [5.74, 6) is -0.353. The van der Waals surface area contributed by atoms with Crippen molar-refractivity contribution >= 4 is 5.97 Å². The molecular formula is C10H17O2. The lowest BCUT2D eigenvalue weighted by molar-refractivity contribution is -0.151. The molecule has 0 rings (SSSR count). The number of ether oxygens (including phenoxy) is 1. The molecule has 69 valence electrons. The summed E-state index contributed by atoms with van der Waals surface area (Å²) in [6, 6.07) is 0. The largest absolute Gasteiger partial charge is 0.456 e. The molecule has 0 atom stereocenters. The van der Waals surface area contributed by atoms with Gasteiger partial charge in [0, 0.05) is 5.57 Å². The average Bonchev–Trinajstić information content (AvgIpc) is 2.04. The quantitative estimate of drug-likeness (QED) is 0.477. The summed E-state index contributed by atoms with van der Waals surface area (Å²) in [5.41, 5.74) is -0.152. The highest BCUT2D eigenvalue weighted by molar-refractivity contribution is 5.87. The molecule has 12 heavy (non-hydrogen) atoms. The van der Waals surface area contributed by atoms with Gasteiger partial charge >= 0.3 is 5.97 Å². The predicted octanol–water partition coefficient (Wildman–Crippen LogP) is 2.50. The van der Waals surface area contributed by atoms with Crippen molar-refractivity contribution in [1.29, 1.82) is 0 Å². The van der Waals surface area contributed by atoms with E-state index in [2.05, 4.69) is 13.5 Å². The van der Waals surface area contributed by atoms with Gasteiger partial charge in [0.05, 0.1) is 0 Å². The topological polar surface area (TPSA) is 26.3 Å². The van der Waals surface area contributed by atoms with E-state index in [4.69, 9.17) is 4.74 Å². The number of carbonyl (C=O) groups is 1. The molecule has 0 aromatic carbocycles.